The van der Waals surface area contributed by atoms with Crippen LogP contribution in [0.1, 0.15) is 12.0 Å². The number of hydrogen-bond acceptors (Lipinski definition) is 3. The van der Waals surface area contributed by atoms with Crippen LogP contribution in [0.4, 0.5) is 5.69 Å². The van der Waals surface area contributed by atoms with Crippen molar-refractivity contribution in [3.8, 4) is 0 Å². The fourth-order valence-corrected chi connectivity index (χ4v) is 3.70. The summed E-state index contributed by atoms with van der Waals surface area (Å²) >= 11 is 5.98. The Morgan fingerprint density at radius 1 is 1.12 bits per heavy atom. The molecule has 2 heterocycles. The van der Waals surface area contributed by atoms with E-state index in [0.717, 1.165) is 25.1 Å². The van der Waals surface area contributed by atoms with Gasteiger partial charge in [-0.3, -0.25) is 4.79 Å². The maximum absolute atomic E-state index is 12.9. The first-order chi connectivity index (χ1) is 12.2. The molecule has 0 radical (unpaired) electrons. The quantitative estimate of drug-likeness (QED) is 0.914. The topological polar surface area (TPSA) is 41.6 Å². The first kappa shape index (κ1) is 16.4. The molecule has 0 bridgehead atoms. The van der Waals surface area contributed by atoms with E-state index in [2.05, 4.69) is 22.3 Å². The second-order valence-electron chi connectivity index (χ2n) is 6.84. The Labute approximate surface area is 152 Å². The van der Waals surface area contributed by atoms with Gasteiger partial charge < -0.3 is 15.0 Å². The van der Waals surface area contributed by atoms with Crippen LogP contribution in [0, 0.1) is 5.92 Å². The zero-order valence-electron chi connectivity index (χ0n) is 14.0. The van der Waals surface area contributed by atoms with Crippen LogP contribution in [-0.2, 0) is 15.1 Å². The van der Waals surface area contributed by atoms with Crippen LogP contribution in [0.25, 0.3) is 0 Å². The Bertz CT molecular complexity index is 744. The number of ether oxygens (including phenoxy) is 1. The van der Waals surface area contributed by atoms with Crippen molar-refractivity contribution in [2.24, 2.45) is 5.92 Å². The van der Waals surface area contributed by atoms with E-state index in [4.69, 9.17) is 16.3 Å². The lowest BCUT2D eigenvalue weighted by Crippen LogP contribution is -2.60. The van der Waals surface area contributed by atoms with E-state index in [9.17, 15) is 4.79 Å². The molecule has 2 fully saturated rings. The van der Waals surface area contributed by atoms with E-state index in [1.165, 1.54) is 5.69 Å². The minimum Gasteiger partial charge on any atom is -0.376 e. The molecule has 1 atom stereocenters. The van der Waals surface area contributed by atoms with Gasteiger partial charge in [-0.1, -0.05) is 41.9 Å². The third-order valence-electron chi connectivity index (χ3n) is 5.14. The van der Waals surface area contributed by atoms with Crippen molar-refractivity contribution in [2.45, 2.75) is 12.0 Å². The number of carbonyl (C=O) groups is 1. The highest BCUT2D eigenvalue weighted by Gasteiger charge is 2.43. The summed E-state index contributed by atoms with van der Waals surface area (Å²) in [5.74, 6) is 0.113. The lowest BCUT2D eigenvalue weighted by atomic mass is 9.87. The van der Waals surface area contributed by atoms with Crippen molar-refractivity contribution < 1.29 is 9.53 Å². The highest BCUT2D eigenvalue weighted by atomic mass is 35.5. The Morgan fingerprint density at radius 2 is 1.84 bits per heavy atom. The predicted molar refractivity (Wildman–Crippen MR) is 98.9 cm³/mol. The van der Waals surface area contributed by atoms with Gasteiger partial charge in [-0.05, 0) is 36.2 Å². The van der Waals surface area contributed by atoms with Gasteiger partial charge in [0.2, 0.25) is 5.91 Å². The average Bonchev–Trinajstić information content (AvgIpc) is 3.10. The highest BCUT2D eigenvalue weighted by Crippen LogP contribution is 2.32. The number of rotatable bonds is 4. The molecule has 0 aliphatic carbocycles. The van der Waals surface area contributed by atoms with Gasteiger partial charge in [0.05, 0.1) is 19.1 Å². The molecule has 2 aromatic carbocycles. The first-order valence-corrected chi connectivity index (χ1v) is 9.00. The van der Waals surface area contributed by atoms with E-state index < -0.39 is 5.54 Å². The molecule has 2 aliphatic heterocycles. The molecule has 0 saturated carbocycles. The molecule has 1 unspecified atom stereocenters. The number of carbonyl (C=O) groups excluding carboxylic acids is 1. The lowest BCUT2D eigenvalue weighted by molar-refractivity contribution is -0.137. The van der Waals surface area contributed by atoms with Crippen molar-refractivity contribution in [1.82, 2.24) is 5.32 Å². The molecule has 130 valence electrons. The minimum absolute atomic E-state index is 0.00461. The van der Waals surface area contributed by atoms with E-state index in [1.807, 2.05) is 42.5 Å². The molecule has 4 nitrogen and oxygen atoms in total. The fraction of sp³-hybridized carbons (Fsp3) is 0.350. The summed E-state index contributed by atoms with van der Waals surface area (Å²) in [5.41, 5.74) is 1.81. The average molecular weight is 357 g/mol. The third kappa shape index (κ3) is 3.24. The molecule has 2 saturated heterocycles. The summed E-state index contributed by atoms with van der Waals surface area (Å²) < 4.78 is 5.42. The number of halogens is 1. The lowest BCUT2D eigenvalue weighted by Gasteiger charge is -2.43. The van der Waals surface area contributed by atoms with Crippen LogP contribution in [0.3, 0.4) is 0 Å². The number of nitrogens with zero attached hydrogens (tertiary/aromatic N) is 1. The standard InChI is InChI=1S/C20H21ClN2O2/c21-17-8-6-16(7-9-17)20(13-25-14-20)22-19(24)15-10-11-23(12-15)18-4-2-1-3-5-18/h1-9,15H,10-14H2,(H,22,24). The highest BCUT2D eigenvalue weighted by molar-refractivity contribution is 6.30. The molecular weight excluding hydrogens is 336 g/mol. The third-order valence-corrected chi connectivity index (χ3v) is 5.39. The van der Waals surface area contributed by atoms with Gasteiger partial charge in [-0.25, -0.2) is 0 Å². The zero-order chi connectivity index (χ0) is 17.3. The van der Waals surface area contributed by atoms with Crippen LogP contribution >= 0.6 is 11.6 Å². The summed E-state index contributed by atoms with van der Waals surface area (Å²) in [6, 6.07) is 17.9. The Kier molecular flexibility index (Phi) is 4.40. The fourth-order valence-electron chi connectivity index (χ4n) is 3.57. The first-order valence-electron chi connectivity index (χ1n) is 8.62. The number of nitrogens with one attached hydrogen (secondary N) is 1. The summed E-state index contributed by atoms with van der Waals surface area (Å²) in [4.78, 5) is 15.1. The van der Waals surface area contributed by atoms with Crippen LogP contribution in [0.5, 0.6) is 0 Å². The smallest absolute Gasteiger partial charge is 0.225 e. The van der Waals surface area contributed by atoms with Gasteiger partial charge in [0.1, 0.15) is 5.54 Å². The summed E-state index contributed by atoms with van der Waals surface area (Å²) in [7, 11) is 0. The number of amides is 1. The molecule has 1 N–H and O–H groups in total. The molecular formula is C20H21ClN2O2. The molecule has 2 aromatic rings. The van der Waals surface area contributed by atoms with E-state index in [0.29, 0.717) is 18.2 Å². The van der Waals surface area contributed by atoms with Gasteiger partial charge in [0, 0.05) is 23.8 Å². The zero-order valence-corrected chi connectivity index (χ0v) is 14.7. The van der Waals surface area contributed by atoms with E-state index in [1.54, 1.807) is 0 Å². The number of para-hydroxylation sites is 1. The number of hydrogen-bond donors (Lipinski definition) is 1. The van der Waals surface area contributed by atoms with Crippen molar-refractivity contribution >= 4 is 23.2 Å². The Hall–Kier alpha value is -2.04. The second kappa shape index (κ2) is 6.70. The van der Waals surface area contributed by atoms with Gasteiger partial charge >= 0.3 is 0 Å². The molecule has 0 spiro atoms. The van der Waals surface area contributed by atoms with Crippen LogP contribution < -0.4 is 10.2 Å². The molecule has 1 amide bonds. The largest absolute Gasteiger partial charge is 0.376 e. The minimum atomic E-state index is -0.415. The van der Waals surface area contributed by atoms with Crippen LogP contribution in [0.15, 0.2) is 54.6 Å². The van der Waals surface area contributed by atoms with Gasteiger partial charge in [-0.15, -0.1) is 0 Å². The molecule has 2 aliphatic rings. The summed E-state index contributed by atoms with van der Waals surface area (Å²) in [6.45, 7) is 2.69. The van der Waals surface area contributed by atoms with Gasteiger partial charge in [-0.2, -0.15) is 0 Å². The van der Waals surface area contributed by atoms with Crippen molar-refractivity contribution in [3.63, 3.8) is 0 Å². The molecule has 4 rings (SSSR count). The monoisotopic (exact) mass is 356 g/mol. The van der Waals surface area contributed by atoms with Gasteiger partial charge in [0.15, 0.2) is 0 Å². The molecule has 5 heteroatoms. The number of anilines is 1. The normalized spacial score (nSPS) is 21.6. The summed E-state index contributed by atoms with van der Waals surface area (Å²) in [6.07, 6.45) is 0.873. The van der Waals surface area contributed by atoms with Crippen molar-refractivity contribution in [3.05, 3.63) is 65.2 Å². The SMILES string of the molecule is O=C(NC1(c2ccc(Cl)cc2)COC1)C1CCN(c2ccccc2)C1. The maximum atomic E-state index is 12.9. The Morgan fingerprint density at radius 3 is 2.48 bits per heavy atom. The van der Waals surface area contributed by atoms with E-state index in [-0.39, 0.29) is 11.8 Å². The number of benzene rings is 2. The van der Waals surface area contributed by atoms with Crippen molar-refractivity contribution in [2.75, 3.05) is 31.2 Å². The predicted octanol–water partition coefficient (Wildman–Crippen LogP) is 3.21. The molecule has 25 heavy (non-hydrogen) atoms. The molecule has 0 aromatic heterocycles. The Balaban J connectivity index is 1.44. The maximum Gasteiger partial charge on any atom is 0.225 e. The van der Waals surface area contributed by atoms with Gasteiger partial charge in [0.25, 0.3) is 0 Å². The summed E-state index contributed by atoms with van der Waals surface area (Å²) in [5, 5.41) is 3.94. The second-order valence-corrected chi connectivity index (χ2v) is 7.27. The van der Waals surface area contributed by atoms with E-state index >= 15 is 0 Å². The van der Waals surface area contributed by atoms with Crippen LogP contribution in [-0.4, -0.2) is 32.2 Å². The van der Waals surface area contributed by atoms with Crippen molar-refractivity contribution in [1.29, 1.82) is 0 Å². The van der Waals surface area contributed by atoms with Crippen LogP contribution in [0.2, 0.25) is 5.02 Å².